The van der Waals surface area contributed by atoms with Gasteiger partial charge in [-0.15, -0.1) is 0 Å². The van der Waals surface area contributed by atoms with Crippen LogP contribution < -0.4 is 10.6 Å². The van der Waals surface area contributed by atoms with Crippen molar-refractivity contribution in [3.8, 4) is 5.75 Å². The zero-order chi connectivity index (χ0) is 26.1. The maximum atomic E-state index is 13.8. The van der Waals surface area contributed by atoms with Gasteiger partial charge in [-0.25, -0.2) is 0 Å². The second-order valence-corrected chi connectivity index (χ2v) is 9.97. The minimum absolute atomic E-state index is 0.0360. The largest absolute Gasteiger partial charge is 0.510 e. The number of anilines is 1. The van der Waals surface area contributed by atoms with Gasteiger partial charge in [-0.1, -0.05) is 6.92 Å². The summed E-state index contributed by atoms with van der Waals surface area (Å²) < 4.78 is 0. The molecule has 0 saturated carbocycles. The van der Waals surface area contributed by atoms with Crippen LogP contribution in [0.15, 0.2) is 28.7 Å². The summed E-state index contributed by atoms with van der Waals surface area (Å²) in [6, 6.07) is 0.819. The minimum Gasteiger partial charge on any atom is -0.510 e. The van der Waals surface area contributed by atoms with Crippen LogP contribution >= 0.6 is 0 Å². The first kappa shape index (κ1) is 24.7. The van der Waals surface area contributed by atoms with E-state index in [-0.39, 0.29) is 29.7 Å². The molecule has 3 aliphatic rings. The van der Waals surface area contributed by atoms with Crippen molar-refractivity contribution in [1.82, 2.24) is 4.90 Å². The maximum Gasteiger partial charge on any atom is 0.255 e. The second kappa shape index (κ2) is 8.10. The Kier molecular flexibility index (Phi) is 5.72. The quantitative estimate of drug-likeness (QED) is 0.387. The number of phenols is 1. The van der Waals surface area contributed by atoms with E-state index in [0.29, 0.717) is 17.5 Å². The van der Waals surface area contributed by atoms with E-state index in [1.165, 1.54) is 4.90 Å². The highest BCUT2D eigenvalue weighted by Crippen LogP contribution is 2.53. The molecule has 0 heterocycles. The van der Waals surface area contributed by atoms with Crippen molar-refractivity contribution in [3.63, 3.8) is 0 Å². The summed E-state index contributed by atoms with van der Waals surface area (Å²) in [6.45, 7) is 1.84. The number of likely N-dealkylation sites (N-methyl/N-ethyl adjacent to an activating group) is 1. The molecule has 1 unspecified atom stereocenters. The normalized spacial score (nSPS) is 28.1. The van der Waals surface area contributed by atoms with Crippen molar-refractivity contribution in [1.29, 1.82) is 0 Å². The number of aromatic hydroxyl groups is 1. The molecule has 0 saturated heterocycles. The van der Waals surface area contributed by atoms with Crippen LogP contribution in [-0.2, 0) is 22.4 Å². The highest BCUT2D eigenvalue weighted by molar-refractivity contribution is 6.24. The zero-order valence-electron chi connectivity index (χ0n) is 20.4. The molecule has 10 nitrogen and oxygen atoms in total. The van der Waals surface area contributed by atoms with Gasteiger partial charge in [-0.3, -0.25) is 19.3 Å². The number of carbonyl (C=O) groups excluding carboxylic acids is 3. The molecule has 35 heavy (non-hydrogen) atoms. The van der Waals surface area contributed by atoms with Crippen molar-refractivity contribution >= 4 is 23.2 Å². The Morgan fingerprint density at radius 1 is 1.17 bits per heavy atom. The van der Waals surface area contributed by atoms with E-state index in [0.717, 1.165) is 5.69 Å². The summed E-state index contributed by atoms with van der Waals surface area (Å²) in [7, 11) is 6.85. The van der Waals surface area contributed by atoms with Crippen LogP contribution in [0.25, 0.3) is 0 Å². The molecule has 0 aliphatic heterocycles. The number of nitrogens with two attached hydrogens (primary N) is 1. The minimum atomic E-state index is -2.63. The number of aryl methyl sites for hydroxylation is 1. The van der Waals surface area contributed by atoms with Crippen molar-refractivity contribution in [3.05, 3.63) is 45.4 Å². The van der Waals surface area contributed by atoms with Crippen molar-refractivity contribution in [2.24, 2.45) is 17.6 Å². The van der Waals surface area contributed by atoms with E-state index >= 15 is 0 Å². The number of benzene rings is 1. The first-order valence-corrected chi connectivity index (χ1v) is 11.5. The second-order valence-electron chi connectivity index (χ2n) is 9.97. The van der Waals surface area contributed by atoms with Crippen LogP contribution in [-0.4, -0.2) is 82.6 Å². The number of phenolic OH excluding ortho intramolecular Hbond substituents is 1. The van der Waals surface area contributed by atoms with Crippen molar-refractivity contribution in [2.45, 2.75) is 37.8 Å². The molecule has 0 fully saturated rings. The lowest BCUT2D eigenvalue weighted by molar-refractivity contribution is -0.148. The third-order valence-electron chi connectivity index (χ3n) is 7.64. The molecule has 0 spiro atoms. The number of hydrogen-bond donors (Lipinski definition) is 5. The number of nitrogens with zero attached hydrogens (tertiary/aromatic N) is 2. The molecular weight excluding hydrogens is 454 g/mol. The summed E-state index contributed by atoms with van der Waals surface area (Å²) in [6.07, 6.45) is 0.789. The first-order chi connectivity index (χ1) is 16.3. The number of Topliss-reactive ketones (excluding diaryl/α,β-unsaturated/α-hetero) is 2. The van der Waals surface area contributed by atoms with Gasteiger partial charge in [0.1, 0.15) is 22.8 Å². The Balaban J connectivity index is 2.00. The molecule has 0 aromatic heterocycles. The van der Waals surface area contributed by atoms with E-state index < -0.39 is 58.0 Å². The predicted molar refractivity (Wildman–Crippen MR) is 127 cm³/mol. The fourth-order valence-corrected chi connectivity index (χ4v) is 6.02. The monoisotopic (exact) mass is 485 g/mol. The highest BCUT2D eigenvalue weighted by Gasteiger charge is 2.63. The Labute approximate surface area is 202 Å². The van der Waals surface area contributed by atoms with Gasteiger partial charge in [-0.2, -0.15) is 0 Å². The van der Waals surface area contributed by atoms with Gasteiger partial charge in [0.2, 0.25) is 5.78 Å². The number of rotatable bonds is 4. The van der Waals surface area contributed by atoms with Crippen LogP contribution in [0.4, 0.5) is 5.69 Å². The molecular formula is C25H31N3O7. The van der Waals surface area contributed by atoms with Gasteiger partial charge in [0.05, 0.1) is 11.6 Å². The number of amides is 1. The van der Waals surface area contributed by atoms with E-state index in [2.05, 4.69) is 0 Å². The topological polar surface area (TPSA) is 165 Å². The van der Waals surface area contributed by atoms with E-state index in [1.807, 2.05) is 32.0 Å². The van der Waals surface area contributed by atoms with Gasteiger partial charge in [-0.05, 0) is 56.5 Å². The molecule has 4 atom stereocenters. The number of aliphatic hydroxyl groups excluding tert-OH is 2. The lowest BCUT2D eigenvalue weighted by Crippen LogP contribution is -2.63. The summed E-state index contributed by atoms with van der Waals surface area (Å²) >= 11 is 0. The smallest absolute Gasteiger partial charge is 0.255 e. The summed E-state index contributed by atoms with van der Waals surface area (Å²) in [4.78, 5) is 42.5. The lowest BCUT2D eigenvalue weighted by atomic mass is 9.58. The van der Waals surface area contributed by atoms with Crippen LogP contribution in [0.5, 0.6) is 5.75 Å². The Morgan fingerprint density at radius 2 is 1.80 bits per heavy atom. The van der Waals surface area contributed by atoms with Gasteiger partial charge >= 0.3 is 0 Å². The van der Waals surface area contributed by atoms with Gasteiger partial charge in [0, 0.05) is 31.3 Å². The number of allylic oxidation sites excluding steroid dienone is 1. The molecule has 3 aliphatic carbocycles. The van der Waals surface area contributed by atoms with Crippen LogP contribution in [0, 0.1) is 11.8 Å². The molecule has 0 radical (unpaired) electrons. The number of primary amides is 1. The Hall–Kier alpha value is -3.37. The molecule has 188 valence electrons. The summed E-state index contributed by atoms with van der Waals surface area (Å²) in [5.41, 5.74) is 3.70. The van der Waals surface area contributed by atoms with E-state index in [1.54, 1.807) is 14.1 Å². The maximum absolute atomic E-state index is 13.8. The highest BCUT2D eigenvalue weighted by atomic mass is 16.3. The zero-order valence-corrected chi connectivity index (χ0v) is 20.4. The molecule has 4 rings (SSSR count). The lowest BCUT2D eigenvalue weighted by Gasteiger charge is -2.50. The summed E-state index contributed by atoms with van der Waals surface area (Å²) in [5.74, 6) is -6.43. The SMILES string of the molecule is CCc1cc(N(C)C)c2c(c1O)C(=O)C1=C(O)[C@]3(O)C(=O)C(C(N)=O)=C(O)C(N(C)C)[C@@H]3C[C@@H]1C2. The van der Waals surface area contributed by atoms with Crippen LogP contribution in [0.1, 0.15) is 34.8 Å². The molecule has 1 aromatic rings. The van der Waals surface area contributed by atoms with E-state index in [9.17, 15) is 34.8 Å². The third-order valence-corrected chi connectivity index (χ3v) is 7.64. The summed E-state index contributed by atoms with van der Waals surface area (Å²) in [5, 5.41) is 44.7. The fraction of sp³-hybridized carbons (Fsp3) is 0.480. The van der Waals surface area contributed by atoms with E-state index in [4.69, 9.17) is 5.73 Å². The van der Waals surface area contributed by atoms with Crippen molar-refractivity contribution < 1.29 is 34.8 Å². The average molecular weight is 486 g/mol. The van der Waals surface area contributed by atoms with Gasteiger partial charge in [0.25, 0.3) is 5.91 Å². The Morgan fingerprint density at radius 3 is 2.31 bits per heavy atom. The number of hydrogen-bond acceptors (Lipinski definition) is 9. The van der Waals surface area contributed by atoms with Crippen LogP contribution in [0.2, 0.25) is 0 Å². The number of ketones is 2. The third kappa shape index (κ3) is 3.20. The molecule has 1 amide bonds. The number of aliphatic hydroxyl groups is 3. The molecule has 6 N–H and O–H groups in total. The molecule has 1 aromatic carbocycles. The average Bonchev–Trinajstić information content (AvgIpc) is 2.75. The fourth-order valence-electron chi connectivity index (χ4n) is 6.02. The van der Waals surface area contributed by atoms with Crippen LogP contribution in [0.3, 0.4) is 0 Å². The first-order valence-electron chi connectivity index (χ1n) is 11.5. The molecule has 0 bridgehead atoms. The number of carbonyl (C=O) groups is 3. The Bertz CT molecular complexity index is 1230. The predicted octanol–water partition coefficient (Wildman–Crippen LogP) is 0.749. The molecule has 10 heteroatoms. The van der Waals surface area contributed by atoms with Crippen molar-refractivity contribution in [2.75, 3.05) is 33.1 Å². The number of fused-ring (bicyclic) bond motifs is 3. The standard InChI is InChI=1S/C25H31N3O7/c1-6-10-9-14(27(2)3)12-7-11-8-13-18(28(4)5)21(31)17(24(26)34)23(33)25(13,35)22(32)15(11)20(30)16(12)19(10)29/h9,11,13,18,29,31-32,35H,6-8H2,1-5H3,(H2,26,34)/t11-,13-,18?,25-/m0/s1. The van der Waals surface area contributed by atoms with Gasteiger partial charge in [0.15, 0.2) is 11.4 Å². The van der Waals surface area contributed by atoms with Gasteiger partial charge < -0.3 is 31.1 Å².